The van der Waals surface area contributed by atoms with Crippen molar-refractivity contribution in [2.75, 3.05) is 27.3 Å². The molecule has 0 saturated carbocycles. The molecule has 114 valence electrons. The second kappa shape index (κ2) is 5.70. The summed E-state index contributed by atoms with van der Waals surface area (Å²) in [6.45, 7) is -0.827. The monoisotopic (exact) mass is 314 g/mol. The van der Waals surface area contributed by atoms with Crippen LogP contribution in [0.25, 0.3) is 0 Å². The molecule has 0 unspecified atom stereocenters. The van der Waals surface area contributed by atoms with Crippen molar-refractivity contribution in [3.63, 3.8) is 0 Å². The second-order valence-electron chi connectivity index (χ2n) is 4.26. The van der Waals surface area contributed by atoms with Crippen molar-refractivity contribution >= 4 is 21.8 Å². The van der Waals surface area contributed by atoms with E-state index in [4.69, 9.17) is 9.47 Å². The zero-order valence-electron chi connectivity index (χ0n) is 11.5. The van der Waals surface area contributed by atoms with Gasteiger partial charge in [0.1, 0.15) is 16.4 Å². The maximum absolute atomic E-state index is 12.5. The molecule has 1 aromatic rings. The van der Waals surface area contributed by atoms with Crippen LogP contribution in [0.5, 0.6) is 11.5 Å². The Labute approximate surface area is 121 Å². The summed E-state index contributed by atoms with van der Waals surface area (Å²) < 4.78 is 35.9. The average molecular weight is 314 g/mol. The van der Waals surface area contributed by atoms with Crippen LogP contribution >= 0.6 is 0 Å². The Kier molecular flexibility index (Phi) is 4.14. The van der Waals surface area contributed by atoms with E-state index in [1.54, 1.807) is 0 Å². The van der Waals surface area contributed by atoms with Crippen LogP contribution in [0.4, 0.5) is 0 Å². The summed E-state index contributed by atoms with van der Waals surface area (Å²) in [6.07, 6.45) is 0. The van der Waals surface area contributed by atoms with E-state index in [2.05, 4.69) is 0 Å². The van der Waals surface area contributed by atoms with Crippen LogP contribution in [0.3, 0.4) is 0 Å². The van der Waals surface area contributed by atoms with Gasteiger partial charge in [-0.2, -0.15) is 4.31 Å². The lowest BCUT2D eigenvalue weighted by Crippen LogP contribution is -2.53. The lowest BCUT2D eigenvalue weighted by molar-refractivity contribution is -0.134. The summed E-state index contributed by atoms with van der Waals surface area (Å²) >= 11 is 0. The van der Waals surface area contributed by atoms with Crippen molar-refractivity contribution in [1.82, 2.24) is 9.62 Å². The molecule has 9 heteroatoms. The number of imide groups is 1. The predicted octanol–water partition coefficient (Wildman–Crippen LogP) is -0.649. The number of sulfonamides is 1. The van der Waals surface area contributed by atoms with Gasteiger partial charge in [0.05, 0.1) is 27.3 Å². The van der Waals surface area contributed by atoms with E-state index >= 15 is 0 Å². The molecule has 0 bridgehead atoms. The summed E-state index contributed by atoms with van der Waals surface area (Å²) in [5.74, 6) is -0.823. The summed E-state index contributed by atoms with van der Waals surface area (Å²) in [7, 11) is -1.26. The summed E-state index contributed by atoms with van der Waals surface area (Å²) in [6, 6.07) is 4.18. The fraction of sp³-hybridized carbons (Fsp3) is 0.333. The fourth-order valence-corrected chi connectivity index (χ4v) is 3.40. The minimum atomic E-state index is -4.02. The molecule has 1 heterocycles. The highest BCUT2D eigenvalue weighted by atomic mass is 32.2. The minimum Gasteiger partial charge on any atom is -0.497 e. The SMILES string of the molecule is COc1ccc(S(=O)(=O)N2CC(=O)NC(=O)C2)c(OC)c1. The van der Waals surface area contributed by atoms with Gasteiger partial charge in [-0.15, -0.1) is 0 Å². The van der Waals surface area contributed by atoms with Crippen molar-refractivity contribution < 1.29 is 27.5 Å². The Hall–Kier alpha value is -2.13. The number of piperazine rings is 1. The van der Waals surface area contributed by atoms with E-state index in [9.17, 15) is 18.0 Å². The number of nitrogens with zero attached hydrogens (tertiary/aromatic N) is 1. The minimum absolute atomic E-state index is 0.0766. The lowest BCUT2D eigenvalue weighted by atomic mass is 10.3. The van der Waals surface area contributed by atoms with Crippen LogP contribution in [0, 0.1) is 0 Å². The van der Waals surface area contributed by atoms with Gasteiger partial charge in [-0.1, -0.05) is 0 Å². The standard InChI is InChI=1S/C12H14N2O6S/c1-19-8-3-4-10(9(5-8)20-2)21(17,18)14-6-11(15)13-12(16)7-14/h3-5H,6-7H2,1-2H3,(H,13,15,16). The average Bonchev–Trinajstić information content (AvgIpc) is 2.45. The molecule has 2 amide bonds. The largest absolute Gasteiger partial charge is 0.497 e. The van der Waals surface area contributed by atoms with Crippen molar-refractivity contribution in [3.05, 3.63) is 18.2 Å². The third-order valence-electron chi connectivity index (χ3n) is 2.91. The molecule has 1 fully saturated rings. The van der Waals surface area contributed by atoms with E-state index in [-0.39, 0.29) is 10.6 Å². The molecule has 1 aliphatic heterocycles. The molecule has 1 saturated heterocycles. The zero-order chi connectivity index (χ0) is 15.6. The normalized spacial score (nSPS) is 16.5. The van der Waals surface area contributed by atoms with Crippen LogP contribution in [-0.2, 0) is 19.6 Å². The van der Waals surface area contributed by atoms with Crippen LogP contribution in [-0.4, -0.2) is 51.8 Å². The van der Waals surface area contributed by atoms with Crippen molar-refractivity contribution in [3.8, 4) is 11.5 Å². The highest BCUT2D eigenvalue weighted by Gasteiger charge is 2.34. The molecule has 21 heavy (non-hydrogen) atoms. The summed E-state index contributed by atoms with van der Waals surface area (Å²) in [4.78, 5) is 22.5. The number of benzene rings is 1. The number of carbonyl (C=O) groups is 2. The van der Waals surface area contributed by atoms with Gasteiger partial charge >= 0.3 is 0 Å². The molecule has 0 spiro atoms. The van der Waals surface area contributed by atoms with Crippen molar-refractivity contribution in [2.24, 2.45) is 0 Å². The Morgan fingerprint density at radius 3 is 2.24 bits per heavy atom. The first-order valence-corrected chi connectivity index (χ1v) is 7.37. The maximum Gasteiger partial charge on any atom is 0.247 e. The third-order valence-corrected chi connectivity index (χ3v) is 4.74. The van der Waals surface area contributed by atoms with E-state index in [1.165, 1.54) is 32.4 Å². The first kappa shape index (κ1) is 15.3. The summed E-state index contributed by atoms with van der Waals surface area (Å²) in [5.41, 5.74) is 0. The molecule has 1 aromatic carbocycles. The number of rotatable bonds is 4. The van der Waals surface area contributed by atoms with Crippen LogP contribution in [0.15, 0.2) is 23.1 Å². The van der Waals surface area contributed by atoms with Gasteiger partial charge in [-0.05, 0) is 12.1 Å². The predicted molar refractivity (Wildman–Crippen MR) is 71.5 cm³/mol. The smallest absolute Gasteiger partial charge is 0.247 e. The molecular formula is C12H14N2O6S. The van der Waals surface area contributed by atoms with Gasteiger partial charge in [0.25, 0.3) is 0 Å². The van der Waals surface area contributed by atoms with Crippen LogP contribution in [0.1, 0.15) is 0 Å². The van der Waals surface area contributed by atoms with Gasteiger partial charge < -0.3 is 9.47 Å². The second-order valence-corrected chi connectivity index (χ2v) is 6.17. The van der Waals surface area contributed by atoms with Gasteiger partial charge in [0, 0.05) is 6.07 Å². The molecule has 0 aromatic heterocycles. The Bertz CT molecular complexity index is 669. The Morgan fingerprint density at radius 1 is 1.10 bits per heavy atom. The van der Waals surface area contributed by atoms with E-state index < -0.39 is 34.9 Å². The number of ether oxygens (including phenoxy) is 2. The summed E-state index contributed by atoms with van der Waals surface area (Å²) in [5, 5.41) is 2.04. The van der Waals surface area contributed by atoms with Crippen molar-refractivity contribution in [2.45, 2.75) is 4.90 Å². The molecule has 0 radical (unpaired) electrons. The number of hydrogen-bond donors (Lipinski definition) is 1. The first-order chi connectivity index (χ1) is 9.88. The number of hydrogen-bond acceptors (Lipinski definition) is 6. The van der Waals surface area contributed by atoms with E-state index in [1.807, 2.05) is 5.32 Å². The van der Waals surface area contributed by atoms with E-state index in [0.29, 0.717) is 5.75 Å². The Morgan fingerprint density at radius 2 is 1.71 bits per heavy atom. The van der Waals surface area contributed by atoms with Crippen LogP contribution in [0.2, 0.25) is 0 Å². The number of methoxy groups -OCH3 is 2. The van der Waals surface area contributed by atoms with Crippen LogP contribution < -0.4 is 14.8 Å². The Balaban J connectivity index is 2.44. The van der Waals surface area contributed by atoms with Gasteiger partial charge in [0.15, 0.2) is 0 Å². The van der Waals surface area contributed by atoms with Gasteiger partial charge in [-0.3, -0.25) is 14.9 Å². The quantitative estimate of drug-likeness (QED) is 0.741. The van der Waals surface area contributed by atoms with Crippen molar-refractivity contribution in [1.29, 1.82) is 0 Å². The molecule has 0 aliphatic carbocycles. The molecule has 1 N–H and O–H groups in total. The van der Waals surface area contributed by atoms with Gasteiger partial charge in [-0.25, -0.2) is 8.42 Å². The zero-order valence-corrected chi connectivity index (χ0v) is 12.3. The topological polar surface area (TPSA) is 102 Å². The molecule has 2 rings (SSSR count). The molecule has 8 nitrogen and oxygen atoms in total. The van der Waals surface area contributed by atoms with Gasteiger partial charge in [0.2, 0.25) is 21.8 Å². The number of nitrogens with one attached hydrogen (secondary N) is 1. The number of carbonyl (C=O) groups excluding carboxylic acids is 2. The molecule has 1 aliphatic rings. The third kappa shape index (κ3) is 2.98. The van der Waals surface area contributed by atoms with E-state index in [0.717, 1.165) is 4.31 Å². The first-order valence-electron chi connectivity index (χ1n) is 5.93. The highest BCUT2D eigenvalue weighted by molar-refractivity contribution is 7.89. The lowest BCUT2D eigenvalue weighted by Gasteiger charge is -2.25. The number of amides is 2. The molecular weight excluding hydrogens is 300 g/mol. The highest BCUT2D eigenvalue weighted by Crippen LogP contribution is 2.30. The fourth-order valence-electron chi connectivity index (χ4n) is 1.91. The maximum atomic E-state index is 12.5. The molecule has 0 atom stereocenters.